The van der Waals surface area contributed by atoms with Crippen molar-refractivity contribution >= 4 is 21.7 Å². The molecule has 2 N–H and O–H groups in total. The van der Waals surface area contributed by atoms with E-state index in [1.54, 1.807) is 19.1 Å². The molecule has 0 bridgehead atoms. The lowest BCUT2D eigenvalue weighted by atomic mass is 10.1. The first-order valence-electron chi connectivity index (χ1n) is 8.05. The fourth-order valence-electron chi connectivity index (χ4n) is 2.77. The van der Waals surface area contributed by atoms with Crippen LogP contribution in [0.3, 0.4) is 0 Å². The molecule has 1 aliphatic rings. The van der Waals surface area contributed by atoms with Crippen LogP contribution in [0, 0.1) is 13.8 Å². The van der Waals surface area contributed by atoms with E-state index in [-0.39, 0.29) is 21.9 Å². The molecule has 1 aliphatic heterocycles. The van der Waals surface area contributed by atoms with Gasteiger partial charge in [0, 0.05) is 18.6 Å². The van der Waals surface area contributed by atoms with Gasteiger partial charge in [-0.25, -0.2) is 13.2 Å². The van der Waals surface area contributed by atoms with Crippen molar-refractivity contribution in [1.82, 2.24) is 0 Å². The first-order chi connectivity index (χ1) is 12.3. The first kappa shape index (κ1) is 18.1. The lowest BCUT2D eigenvalue weighted by Gasteiger charge is -2.15. The fourth-order valence-corrected chi connectivity index (χ4v) is 4.07. The number of hydrogen-bond donors (Lipinski definition) is 2. The first-order valence-corrected chi connectivity index (χ1v) is 9.53. The molecule has 0 fully saturated rings. The molecule has 2 aromatic carbocycles. The number of carboxylic acid groups (broad SMARTS) is 1. The van der Waals surface area contributed by atoms with Gasteiger partial charge in [0.25, 0.3) is 10.0 Å². The summed E-state index contributed by atoms with van der Waals surface area (Å²) in [5.41, 5.74) is 1.23. The molecular weight excluding hydrogens is 358 g/mol. The number of carbonyl (C=O) groups is 1. The average molecular weight is 377 g/mol. The Morgan fingerprint density at radius 1 is 1.08 bits per heavy atom. The largest absolute Gasteiger partial charge is 0.490 e. The van der Waals surface area contributed by atoms with Gasteiger partial charge in [0.15, 0.2) is 11.5 Å². The second-order valence-electron chi connectivity index (χ2n) is 6.07. The van der Waals surface area contributed by atoms with E-state index < -0.39 is 16.0 Å². The van der Waals surface area contributed by atoms with Gasteiger partial charge >= 0.3 is 5.97 Å². The molecule has 0 spiro atoms. The molecule has 0 saturated carbocycles. The molecule has 0 unspecified atom stereocenters. The van der Waals surface area contributed by atoms with Gasteiger partial charge in [0.05, 0.1) is 29.4 Å². The second kappa shape index (κ2) is 6.87. The maximum atomic E-state index is 12.8. The van der Waals surface area contributed by atoms with Crippen LogP contribution in [0.25, 0.3) is 0 Å². The molecule has 26 heavy (non-hydrogen) atoms. The Balaban J connectivity index is 2.05. The van der Waals surface area contributed by atoms with Gasteiger partial charge in [-0.15, -0.1) is 0 Å². The summed E-state index contributed by atoms with van der Waals surface area (Å²) < 4.78 is 38.9. The lowest BCUT2D eigenvalue weighted by molar-refractivity contribution is 0.0697. The zero-order chi connectivity index (χ0) is 18.9. The SMILES string of the molecule is Cc1ccc(S(=O)(=O)Nc2cc3c(cc2C(=O)O)OCCCO3)c(C)c1. The predicted octanol–water partition coefficient (Wildman–Crippen LogP) is 2.96. The number of nitrogens with one attached hydrogen (secondary N) is 1. The molecule has 1 heterocycles. The van der Waals surface area contributed by atoms with Crippen molar-refractivity contribution in [3.8, 4) is 11.5 Å². The molecule has 3 rings (SSSR count). The molecule has 0 aromatic heterocycles. The van der Waals surface area contributed by atoms with Crippen molar-refractivity contribution in [2.45, 2.75) is 25.2 Å². The smallest absolute Gasteiger partial charge is 0.337 e. The van der Waals surface area contributed by atoms with Crippen LogP contribution in [0.4, 0.5) is 5.69 Å². The van der Waals surface area contributed by atoms with Crippen molar-refractivity contribution in [3.05, 3.63) is 47.0 Å². The highest BCUT2D eigenvalue weighted by Gasteiger charge is 2.24. The van der Waals surface area contributed by atoms with Gasteiger partial charge in [-0.2, -0.15) is 0 Å². The third-order valence-electron chi connectivity index (χ3n) is 3.98. The van der Waals surface area contributed by atoms with Crippen LogP contribution >= 0.6 is 0 Å². The van der Waals surface area contributed by atoms with Gasteiger partial charge in [0.2, 0.25) is 0 Å². The quantitative estimate of drug-likeness (QED) is 0.849. The van der Waals surface area contributed by atoms with E-state index in [9.17, 15) is 18.3 Å². The van der Waals surface area contributed by atoms with Crippen molar-refractivity contribution in [2.75, 3.05) is 17.9 Å². The number of rotatable bonds is 4. The molecule has 0 amide bonds. The van der Waals surface area contributed by atoms with Crippen LogP contribution in [0.15, 0.2) is 35.2 Å². The number of fused-ring (bicyclic) bond motifs is 1. The van der Waals surface area contributed by atoms with E-state index in [1.165, 1.54) is 18.2 Å². The summed E-state index contributed by atoms with van der Waals surface area (Å²) in [5.74, 6) is -0.667. The number of ether oxygens (including phenoxy) is 2. The van der Waals surface area contributed by atoms with Crippen LogP contribution in [-0.4, -0.2) is 32.7 Å². The van der Waals surface area contributed by atoms with E-state index in [0.29, 0.717) is 30.9 Å². The monoisotopic (exact) mass is 377 g/mol. The zero-order valence-electron chi connectivity index (χ0n) is 14.4. The molecule has 7 nitrogen and oxygen atoms in total. The lowest BCUT2D eigenvalue weighted by Crippen LogP contribution is -2.17. The van der Waals surface area contributed by atoms with Gasteiger partial charge in [-0.3, -0.25) is 4.72 Å². The molecule has 0 saturated heterocycles. The predicted molar refractivity (Wildman–Crippen MR) is 95.7 cm³/mol. The van der Waals surface area contributed by atoms with Crippen molar-refractivity contribution in [1.29, 1.82) is 0 Å². The molecular formula is C18H19NO6S. The third kappa shape index (κ3) is 3.60. The Morgan fingerprint density at radius 2 is 1.73 bits per heavy atom. The van der Waals surface area contributed by atoms with Crippen molar-refractivity contribution < 1.29 is 27.8 Å². The highest BCUT2D eigenvalue weighted by Crippen LogP contribution is 2.36. The molecule has 2 aromatic rings. The Bertz CT molecular complexity index is 968. The maximum absolute atomic E-state index is 12.8. The summed E-state index contributed by atoms with van der Waals surface area (Å²) in [7, 11) is -3.96. The summed E-state index contributed by atoms with van der Waals surface area (Å²) in [6.45, 7) is 4.36. The minimum Gasteiger partial charge on any atom is -0.490 e. The van der Waals surface area contributed by atoms with E-state index in [1.807, 2.05) is 6.92 Å². The van der Waals surface area contributed by atoms with Gasteiger partial charge in [-0.05, 0) is 25.5 Å². The van der Waals surface area contributed by atoms with E-state index in [4.69, 9.17) is 9.47 Å². The average Bonchev–Trinajstić information content (AvgIpc) is 2.77. The maximum Gasteiger partial charge on any atom is 0.337 e. The summed E-state index contributed by atoms with van der Waals surface area (Å²) in [6, 6.07) is 7.57. The van der Waals surface area contributed by atoms with E-state index >= 15 is 0 Å². The number of anilines is 1. The number of carboxylic acids is 1. The summed E-state index contributed by atoms with van der Waals surface area (Å²) in [5, 5.41) is 9.46. The Hall–Kier alpha value is -2.74. The molecule has 0 aliphatic carbocycles. The standard InChI is InChI=1S/C18H19NO6S/c1-11-4-5-17(12(2)8-11)26(22,23)19-14-10-16-15(9-13(14)18(20)21)24-6-3-7-25-16/h4-5,8-10,19H,3,6-7H2,1-2H3,(H,20,21). The number of benzene rings is 2. The highest BCUT2D eigenvalue weighted by atomic mass is 32.2. The van der Waals surface area contributed by atoms with Gasteiger partial charge < -0.3 is 14.6 Å². The third-order valence-corrected chi connectivity index (χ3v) is 5.51. The second-order valence-corrected chi connectivity index (χ2v) is 7.73. The van der Waals surface area contributed by atoms with Crippen LogP contribution in [0.1, 0.15) is 27.9 Å². The normalized spacial score (nSPS) is 13.8. The van der Waals surface area contributed by atoms with Crippen LogP contribution in [0.5, 0.6) is 11.5 Å². The van der Waals surface area contributed by atoms with Crippen LogP contribution in [0.2, 0.25) is 0 Å². The minimum atomic E-state index is -3.96. The molecule has 138 valence electrons. The Morgan fingerprint density at radius 3 is 2.35 bits per heavy atom. The number of hydrogen-bond acceptors (Lipinski definition) is 5. The van der Waals surface area contributed by atoms with E-state index in [0.717, 1.165) is 5.56 Å². The van der Waals surface area contributed by atoms with Crippen LogP contribution < -0.4 is 14.2 Å². The molecule has 0 atom stereocenters. The zero-order valence-corrected chi connectivity index (χ0v) is 15.2. The summed E-state index contributed by atoms with van der Waals surface area (Å²) in [4.78, 5) is 11.7. The van der Waals surface area contributed by atoms with Crippen molar-refractivity contribution in [2.24, 2.45) is 0 Å². The van der Waals surface area contributed by atoms with Gasteiger partial charge in [0.1, 0.15) is 0 Å². The number of aryl methyl sites for hydroxylation is 2. The van der Waals surface area contributed by atoms with E-state index in [2.05, 4.69) is 4.72 Å². The Labute approximate surface area is 151 Å². The topological polar surface area (TPSA) is 102 Å². The fraction of sp³-hybridized carbons (Fsp3) is 0.278. The van der Waals surface area contributed by atoms with Crippen molar-refractivity contribution in [3.63, 3.8) is 0 Å². The highest BCUT2D eigenvalue weighted by molar-refractivity contribution is 7.92. The summed E-state index contributed by atoms with van der Waals surface area (Å²) >= 11 is 0. The Kier molecular flexibility index (Phi) is 4.78. The number of sulfonamides is 1. The van der Waals surface area contributed by atoms with Crippen LogP contribution in [-0.2, 0) is 10.0 Å². The molecule has 8 heteroatoms. The number of aromatic carboxylic acids is 1. The van der Waals surface area contributed by atoms with Gasteiger partial charge in [-0.1, -0.05) is 17.7 Å². The minimum absolute atomic E-state index is 0.0678. The molecule has 0 radical (unpaired) electrons. The summed E-state index contributed by atoms with van der Waals surface area (Å²) in [6.07, 6.45) is 0.653.